The third-order valence-corrected chi connectivity index (χ3v) is 3.18. The van der Waals surface area contributed by atoms with Crippen molar-refractivity contribution in [1.82, 2.24) is 15.3 Å². The van der Waals surface area contributed by atoms with Crippen LogP contribution < -0.4 is 15.0 Å². The average molecular weight is 267 g/mol. The first-order chi connectivity index (χ1) is 9.04. The van der Waals surface area contributed by atoms with Gasteiger partial charge < -0.3 is 15.0 Å². The Hall–Kier alpha value is -1.96. The Morgan fingerprint density at radius 3 is 2.89 bits per heavy atom. The van der Waals surface area contributed by atoms with Gasteiger partial charge in [-0.1, -0.05) is 0 Å². The van der Waals surface area contributed by atoms with E-state index in [4.69, 9.17) is 4.74 Å². The molecule has 2 rings (SSSR count). The van der Waals surface area contributed by atoms with Crippen molar-refractivity contribution in [3.05, 3.63) is 16.4 Å². The fourth-order valence-corrected chi connectivity index (χ4v) is 2.19. The van der Waals surface area contributed by atoms with Gasteiger partial charge in [0.1, 0.15) is 6.33 Å². The molecule has 1 saturated heterocycles. The SMILES string of the molecule is COc1ncnc(N2CC(C)NCC2C)c1[N+](=O)[O-]. The molecular formula is C11H17N5O3. The van der Waals surface area contributed by atoms with Crippen LogP contribution in [0.1, 0.15) is 13.8 Å². The van der Waals surface area contributed by atoms with Gasteiger partial charge in [-0.15, -0.1) is 0 Å². The summed E-state index contributed by atoms with van der Waals surface area (Å²) in [6.45, 7) is 5.44. The first kappa shape index (κ1) is 13.5. The highest BCUT2D eigenvalue weighted by Crippen LogP contribution is 2.34. The van der Waals surface area contributed by atoms with Crippen LogP contribution in [0.4, 0.5) is 11.5 Å². The van der Waals surface area contributed by atoms with Crippen molar-refractivity contribution in [1.29, 1.82) is 0 Å². The molecule has 1 aromatic heterocycles. The number of anilines is 1. The quantitative estimate of drug-likeness (QED) is 0.632. The van der Waals surface area contributed by atoms with Gasteiger partial charge in [0.05, 0.1) is 12.0 Å². The van der Waals surface area contributed by atoms with Gasteiger partial charge in [0.2, 0.25) is 5.82 Å². The Kier molecular flexibility index (Phi) is 3.79. The van der Waals surface area contributed by atoms with E-state index in [1.807, 2.05) is 18.7 Å². The largest absolute Gasteiger partial charge is 0.476 e. The summed E-state index contributed by atoms with van der Waals surface area (Å²) in [6.07, 6.45) is 1.29. The first-order valence-electron chi connectivity index (χ1n) is 6.08. The lowest BCUT2D eigenvalue weighted by molar-refractivity contribution is -0.385. The molecule has 1 aliphatic heterocycles. The average Bonchev–Trinajstić information content (AvgIpc) is 2.40. The lowest BCUT2D eigenvalue weighted by Crippen LogP contribution is -2.54. The minimum absolute atomic E-state index is 0.00612. The van der Waals surface area contributed by atoms with Gasteiger partial charge >= 0.3 is 5.69 Å². The Bertz CT molecular complexity index is 481. The van der Waals surface area contributed by atoms with Crippen LogP contribution in [-0.2, 0) is 0 Å². The highest BCUT2D eigenvalue weighted by molar-refractivity contribution is 5.63. The van der Waals surface area contributed by atoms with Gasteiger partial charge in [-0.3, -0.25) is 10.1 Å². The maximum Gasteiger partial charge on any atom is 0.372 e. The van der Waals surface area contributed by atoms with Crippen molar-refractivity contribution in [3.63, 3.8) is 0 Å². The summed E-state index contributed by atoms with van der Waals surface area (Å²) in [5.74, 6) is 0.311. The summed E-state index contributed by atoms with van der Waals surface area (Å²) in [4.78, 5) is 20.5. The van der Waals surface area contributed by atoms with E-state index in [0.29, 0.717) is 12.4 Å². The second-order valence-electron chi connectivity index (χ2n) is 4.62. The smallest absolute Gasteiger partial charge is 0.372 e. The Labute approximate surface area is 110 Å². The normalized spacial score (nSPS) is 23.2. The van der Waals surface area contributed by atoms with Gasteiger partial charge in [-0.05, 0) is 13.8 Å². The van der Waals surface area contributed by atoms with Crippen LogP contribution in [0.25, 0.3) is 0 Å². The molecule has 1 fully saturated rings. The summed E-state index contributed by atoms with van der Waals surface area (Å²) in [6, 6.07) is 0.367. The van der Waals surface area contributed by atoms with E-state index < -0.39 is 4.92 Å². The van der Waals surface area contributed by atoms with Crippen LogP contribution in [0.15, 0.2) is 6.33 Å². The molecule has 1 aromatic rings. The molecule has 0 aromatic carbocycles. The van der Waals surface area contributed by atoms with E-state index in [1.165, 1.54) is 13.4 Å². The van der Waals surface area contributed by atoms with Crippen LogP contribution in [0.5, 0.6) is 5.88 Å². The predicted molar refractivity (Wildman–Crippen MR) is 69.5 cm³/mol. The van der Waals surface area contributed by atoms with E-state index in [9.17, 15) is 10.1 Å². The van der Waals surface area contributed by atoms with Crippen LogP contribution in [-0.4, -0.2) is 47.2 Å². The molecule has 2 unspecified atom stereocenters. The van der Waals surface area contributed by atoms with E-state index >= 15 is 0 Å². The van der Waals surface area contributed by atoms with Crippen molar-refractivity contribution in [3.8, 4) is 5.88 Å². The number of aromatic nitrogens is 2. The third kappa shape index (κ3) is 2.58. The van der Waals surface area contributed by atoms with Crippen LogP contribution in [0.3, 0.4) is 0 Å². The number of nitrogens with one attached hydrogen (secondary N) is 1. The van der Waals surface area contributed by atoms with E-state index in [-0.39, 0.29) is 23.7 Å². The fourth-order valence-electron chi connectivity index (χ4n) is 2.19. The van der Waals surface area contributed by atoms with Crippen molar-refractivity contribution in [2.24, 2.45) is 0 Å². The number of methoxy groups -OCH3 is 1. The molecule has 8 nitrogen and oxygen atoms in total. The summed E-state index contributed by atoms with van der Waals surface area (Å²) in [5, 5.41) is 14.6. The highest BCUT2D eigenvalue weighted by atomic mass is 16.6. The number of rotatable bonds is 3. The van der Waals surface area contributed by atoms with Crippen molar-refractivity contribution >= 4 is 11.5 Å². The molecule has 8 heteroatoms. The maximum absolute atomic E-state index is 11.2. The third-order valence-electron chi connectivity index (χ3n) is 3.18. The number of nitro groups is 1. The molecule has 0 bridgehead atoms. The molecule has 19 heavy (non-hydrogen) atoms. The van der Waals surface area contributed by atoms with Crippen molar-refractivity contribution in [2.45, 2.75) is 25.9 Å². The predicted octanol–water partition coefficient (Wildman–Crippen LogP) is 0.580. The second-order valence-corrected chi connectivity index (χ2v) is 4.62. The molecule has 104 valence electrons. The zero-order valence-electron chi connectivity index (χ0n) is 11.2. The molecule has 0 amide bonds. The molecule has 0 aliphatic carbocycles. The fraction of sp³-hybridized carbons (Fsp3) is 0.636. The van der Waals surface area contributed by atoms with E-state index in [0.717, 1.165) is 6.54 Å². The summed E-state index contributed by atoms with van der Waals surface area (Å²) < 4.78 is 4.97. The Morgan fingerprint density at radius 1 is 1.53 bits per heavy atom. The van der Waals surface area contributed by atoms with Crippen LogP contribution in [0.2, 0.25) is 0 Å². The monoisotopic (exact) mass is 267 g/mol. The lowest BCUT2D eigenvalue weighted by atomic mass is 10.1. The molecule has 0 spiro atoms. The number of ether oxygens (including phenoxy) is 1. The summed E-state index contributed by atoms with van der Waals surface area (Å²) >= 11 is 0. The van der Waals surface area contributed by atoms with Crippen LogP contribution in [0, 0.1) is 10.1 Å². The van der Waals surface area contributed by atoms with E-state index in [2.05, 4.69) is 15.3 Å². The van der Waals surface area contributed by atoms with Gasteiger partial charge in [-0.2, -0.15) is 4.98 Å². The zero-order chi connectivity index (χ0) is 14.0. The topological polar surface area (TPSA) is 93.4 Å². The van der Waals surface area contributed by atoms with Gasteiger partial charge in [0, 0.05) is 25.2 Å². The summed E-state index contributed by atoms with van der Waals surface area (Å²) in [7, 11) is 1.36. The second kappa shape index (κ2) is 5.35. The van der Waals surface area contributed by atoms with Gasteiger partial charge in [-0.25, -0.2) is 4.98 Å². The minimum Gasteiger partial charge on any atom is -0.476 e. The molecule has 0 saturated carbocycles. The molecular weight excluding hydrogens is 250 g/mol. The molecule has 1 aliphatic rings. The first-order valence-corrected chi connectivity index (χ1v) is 6.08. The number of piperazine rings is 1. The highest BCUT2D eigenvalue weighted by Gasteiger charge is 2.32. The number of nitrogens with zero attached hydrogens (tertiary/aromatic N) is 4. The standard InChI is InChI=1S/C11H17N5O3/c1-7-5-15(8(2)4-12-7)10-9(16(17)18)11(19-3)14-6-13-10/h6-8,12H,4-5H2,1-3H3. The lowest BCUT2D eigenvalue weighted by Gasteiger charge is -2.37. The van der Waals surface area contributed by atoms with E-state index in [1.54, 1.807) is 0 Å². The molecule has 2 heterocycles. The Balaban J connectivity index is 2.46. The van der Waals surface area contributed by atoms with Crippen molar-refractivity contribution < 1.29 is 9.66 Å². The minimum atomic E-state index is -0.492. The zero-order valence-corrected chi connectivity index (χ0v) is 11.2. The van der Waals surface area contributed by atoms with Crippen molar-refractivity contribution in [2.75, 3.05) is 25.1 Å². The maximum atomic E-state index is 11.2. The number of hydrogen-bond acceptors (Lipinski definition) is 7. The molecule has 0 radical (unpaired) electrons. The van der Waals surface area contributed by atoms with Gasteiger partial charge in [0.25, 0.3) is 5.88 Å². The molecule has 2 atom stereocenters. The molecule has 1 N–H and O–H groups in total. The van der Waals surface area contributed by atoms with Crippen LogP contribution >= 0.6 is 0 Å². The number of hydrogen-bond donors (Lipinski definition) is 1. The van der Waals surface area contributed by atoms with Gasteiger partial charge in [0.15, 0.2) is 0 Å². The summed E-state index contributed by atoms with van der Waals surface area (Å²) in [5.41, 5.74) is -0.175. The Morgan fingerprint density at radius 2 is 2.26 bits per heavy atom.